The largest absolute Gasteiger partial charge is 0.389 e. The lowest BCUT2D eigenvalue weighted by molar-refractivity contribution is 0.254. The Morgan fingerprint density at radius 3 is 3.14 bits per heavy atom. The fourth-order valence-electron chi connectivity index (χ4n) is 4.02. The van der Waals surface area contributed by atoms with E-state index in [0.717, 1.165) is 25.2 Å². The molecule has 0 unspecified atom stereocenters. The first-order valence-electron chi connectivity index (χ1n) is 8.13. The van der Waals surface area contributed by atoms with Crippen LogP contribution < -0.4 is 5.32 Å². The van der Waals surface area contributed by atoms with Crippen molar-refractivity contribution in [2.45, 2.75) is 19.4 Å². The second-order valence-corrected chi connectivity index (χ2v) is 6.49. The summed E-state index contributed by atoms with van der Waals surface area (Å²) in [6.07, 6.45) is 5.72. The lowest BCUT2D eigenvalue weighted by Crippen LogP contribution is -2.43. The molecule has 0 spiro atoms. The van der Waals surface area contributed by atoms with Gasteiger partial charge in [-0.05, 0) is 43.2 Å². The molecule has 0 fully saturated rings. The molecule has 2 N–H and O–H groups in total. The van der Waals surface area contributed by atoms with Crippen LogP contribution in [0, 0.1) is 5.92 Å². The summed E-state index contributed by atoms with van der Waals surface area (Å²) < 4.78 is 0. The monoisotopic (exact) mass is 293 g/mol. The Bertz CT molecular complexity index is 768. The van der Waals surface area contributed by atoms with Crippen molar-refractivity contribution in [3.8, 4) is 0 Å². The van der Waals surface area contributed by atoms with Crippen LogP contribution in [-0.4, -0.2) is 36.1 Å². The van der Waals surface area contributed by atoms with Crippen LogP contribution in [0.1, 0.15) is 18.1 Å². The van der Waals surface area contributed by atoms with Crippen molar-refractivity contribution in [1.29, 1.82) is 0 Å². The first-order valence-corrected chi connectivity index (χ1v) is 8.13. The minimum atomic E-state index is 0.381. The summed E-state index contributed by atoms with van der Waals surface area (Å²) in [6.45, 7) is 8.33. The van der Waals surface area contributed by atoms with E-state index >= 15 is 0 Å². The smallest absolute Gasteiger partial charge is 0.0462 e. The van der Waals surface area contributed by atoms with Crippen LogP contribution in [0.15, 0.2) is 42.7 Å². The van der Waals surface area contributed by atoms with Crippen LogP contribution in [0.2, 0.25) is 0 Å². The zero-order chi connectivity index (χ0) is 15.3. The predicted molar refractivity (Wildman–Crippen MR) is 92.7 cm³/mol. The zero-order valence-electron chi connectivity index (χ0n) is 13.3. The Balaban J connectivity index is 1.84. The molecule has 0 amide bonds. The van der Waals surface area contributed by atoms with Gasteiger partial charge in [-0.2, -0.15) is 0 Å². The van der Waals surface area contributed by atoms with Gasteiger partial charge in [-0.3, -0.25) is 4.90 Å². The molecule has 3 heteroatoms. The molecule has 1 aromatic carbocycles. The summed E-state index contributed by atoms with van der Waals surface area (Å²) in [6, 6.07) is 7.08. The van der Waals surface area contributed by atoms with Gasteiger partial charge in [0.25, 0.3) is 0 Å². The van der Waals surface area contributed by atoms with Gasteiger partial charge >= 0.3 is 0 Å². The first-order chi connectivity index (χ1) is 10.7. The average molecular weight is 293 g/mol. The Kier molecular flexibility index (Phi) is 3.12. The molecule has 4 rings (SSSR count). The normalized spacial score (nSPS) is 24.0. The highest BCUT2D eigenvalue weighted by atomic mass is 15.1. The predicted octanol–water partition coefficient (Wildman–Crippen LogP) is 3.16. The number of likely N-dealkylation sites (N-methyl/N-ethyl adjacent to an activating group) is 1. The van der Waals surface area contributed by atoms with Gasteiger partial charge in [-0.1, -0.05) is 24.8 Å². The minimum Gasteiger partial charge on any atom is -0.389 e. The van der Waals surface area contributed by atoms with E-state index in [0.29, 0.717) is 12.0 Å². The highest BCUT2D eigenvalue weighted by Crippen LogP contribution is 2.41. The van der Waals surface area contributed by atoms with Crippen molar-refractivity contribution in [2.75, 3.05) is 20.1 Å². The van der Waals surface area contributed by atoms with E-state index < -0.39 is 0 Å². The number of hydrogen-bond donors (Lipinski definition) is 2. The molecule has 0 saturated carbocycles. The van der Waals surface area contributed by atoms with Crippen LogP contribution in [0.4, 0.5) is 0 Å². The van der Waals surface area contributed by atoms with Gasteiger partial charge < -0.3 is 10.3 Å². The van der Waals surface area contributed by atoms with Crippen molar-refractivity contribution in [2.24, 2.45) is 5.92 Å². The van der Waals surface area contributed by atoms with Crippen LogP contribution >= 0.6 is 0 Å². The maximum absolute atomic E-state index is 4.23. The van der Waals surface area contributed by atoms with Gasteiger partial charge in [-0.25, -0.2) is 0 Å². The number of H-pyrrole nitrogens is 1. The molecule has 3 nitrogen and oxygen atoms in total. The molecule has 0 radical (unpaired) electrons. The van der Waals surface area contributed by atoms with Gasteiger partial charge in [-0.15, -0.1) is 0 Å². The fourth-order valence-corrected chi connectivity index (χ4v) is 4.02. The number of nitrogens with zero attached hydrogens (tertiary/aromatic N) is 1. The Morgan fingerprint density at radius 2 is 2.32 bits per heavy atom. The summed E-state index contributed by atoms with van der Waals surface area (Å²) >= 11 is 0. The molecule has 2 aliphatic rings. The van der Waals surface area contributed by atoms with Crippen molar-refractivity contribution >= 4 is 16.5 Å². The third-order valence-corrected chi connectivity index (χ3v) is 5.12. The fraction of sp³-hybridized carbons (Fsp3) is 0.368. The lowest BCUT2D eigenvalue weighted by Gasteiger charge is -2.40. The third kappa shape index (κ3) is 1.92. The zero-order valence-corrected chi connectivity index (χ0v) is 13.3. The molecule has 2 aromatic rings. The number of nitrogens with one attached hydrogen (secondary N) is 2. The van der Waals surface area contributed by atoms with Crippen molar-refractivity contribution in [3.05, 3.63) is 53.9 Å². The summed E-state index contributed by atoms with van der Waals surface area (Å²) in [7, 11) is 2.24. The van der Waals surface area contributed by atoms with E-state index in [1.165, 1.54) is 27.6 Å². The lowest BCUT2D eigenvalue weighted by atomic mass is 9.79. The quantitative estimate of drug-likeness (QED) is 0.911. The Hall–Kier alpha value is -2.00. The minimum absolute atomic E-state index is 0.381. The molecule has 2 atom stereocenters. The Labute approximate surface area is 131 Å². The number of rotatable bonds is 3. The number of benzene rings is 1. The Morgan fingerprint density at radius 1 is 1.45 bits per heavy atom. The summed E-state index contributed by atoms with van der Waals surface area (Å²) in [5, 5.41) is 4.81. The number of hydrogen-bond acceptors (Lipinski definition) is 2. The van der Waals surface area contributed by atoms with Gasteiger partial charge in [0.15, 0.2) is 0 Å². The molecule has 0 saturated heterocycles. The number of fused-ring (bicyclic) bond motifs is 2. The van der Waals surface area contributed by atoms with Crippen LogP contribution in [0.3, 0.4) is 0 Å². The van der Waals surface area contributed by atoms with Gasteiger partial charge in [0.05, 0.1) is 0 Å². The van der Waals surface area contributed by atoms with Crippen LogP contribution in [0.5, 0.6) is 0 Å². The number of aromatic amines is 1. The molecule has 0 bridgehead atoms. The molecular formula is C19H23N3. The van der Waals surface area contributed by atoms with Gasteiger partial charge in [0.2, 0.25) is 0 Å². The molecular weight excluding hydrogens is 270 g/mol. The maximum atomic E-state index is 4.23. The second kappa shape index (κ2) is 5.03. The van der Waals surface area contributed by atoms with Gasteiger partial charge in [0, 0.05) is 47.8 Å². The second-order valence-electron chi connectivity index (χ2n) is 6.49. The van der Waals surface area contributed by atoms with Crippen LogP contribution in [0.25, 0.3) is 16.5 Å². The first kappa shape index (κ1) is 13.6. The van der Waals surface area contributed by atoms with Crippen molar-refractivity contribution in [3.63, 3.8) is 0 Å². The summed E-state index contributed by atoms with van der Waals surface area (Å²) in [5.74, 6) is 0.381. The maximum Gasteiger partial charge on any atom is 0.0462 e. The summed E-state index contributed by atoms with van der Waals surface area (Å²) in [4.78, 5) is 5.91. The number of aromatic nitrogens is 1. The molecule has 1 aliphatic carbocycles. The highest BCUT2D eigenvalue weighted by molar-refractivity contribution is 5.98. The summed E-state index contributed by atoms with van der Waals surface area (Å²) in [5.41, 5.74) is 6.69. The standard InChI is InChI=1S/C19H23N3/c1-4-20-12(2)14-8-16-15-6-5-7-17-19(15)13(10-21-17)9-18(16)22(3)11-14/h5-8,10,14,18,20-21H,2,4,9,11H2,1,3H3/t14-,18-/m1/s1. The van der Waals surface area contributed by atoms with E-state index in [9.17, 15) is 0 Å². The SMILES string of the molecule is C=C(NCC)[C@@H]1C=C2c3cccc4[nH]cc(c34)C[C@H]2N(C)C1. The van der Waals surface area contributed by atoms with E-state index in [2.05, 4.69) is 66.2 Å². The third-order valence-electron chi connectivity index (χ3n) is 5.12. The highest BCUT2D eigenvalue weighted by Gasteiger charge is 2.34. The topological polar surface area (TPSA) is 31.1 Å². The van der Waals surface area contributed by atoms with E-state index in [1.807, 2.05) is 0 Å². The van der Waals surface area contributed by atoms with E-state index in [1.54, 1.807) is 0 Å². The van der Waals surface area contributed by atoms with Gasteiger partial charge in [0.1, 0.15) is 0 Å². The molecule has 114 valence electrons. The molecule has 2 heterocycles. The van der Waals surface area contributed by atoms with Crippen molar-refractivity contribution in [1.82, 2.24) is 15.2 Å². The average Bonchev–Trinajstić information content (AvgIpc) is 2.93. The molecule has 1 aromatic heterocycles. The van der Waals surface area contributed by atoms with E-state index in [-0.39, 0.29) is 0 Å². The van der Waals surface area contributed by atoms with Crippen molar-refractivity contribution < 1.29 is 0 Å². The molecule has 1 aliphatic heterocycles. The molecule has 22 heavy (non-hydrogen) atoms. The van der Waals surface area contributed by atoms with E-state index in [4.69, 9.17) is 0 Å². The van der Waals surface area contributed by atoms with Crippen LogP contribution in [-0.2, 0) is 6.42 Å².